The number of anilines is 1. The number of amides is 1. The Bertz CT molecular complexity index is 444. The maximum absolute atomic E-state index is 12.1. The van der Waals surface area contributed by atoms with E-state index in [1.807, 2.05) is 18.2 Å². The van der Waals surface area contributed by atoms with Crippen LogP contribution in [0.1, 0.15) is 26.2 Å². The van der Waals surface area contributed by atoms with E-state index >= 15 is 0 Å². The molecular formula is C16H27Cl2N3O. The molecule has 0 radical (unpaired) electrons. The van der Waals surface area contributed by atoms with Crippen molar-refractivity contribution >= 4 is 36.4 Å². The van der Waals surface area contributed by atoms with E-state index in [0.29, 0.717) is 6.54 Å². The summed E-state index contributed by atoms with van der Waals surface area (Å²) in [6.45, 7) is 2.78. The van der Waals surface area contributed by atoms with Crippen LogP contribution in [0.3, 0.4) is 0 Å². The summed E-state index contributed by atoms with van der Waals surface area (Å²) < 4.78 is 0. The Balaban J connectivity index is 0.00000220. The summed E-state index contributed by atoms with van der Waals surface area (Å²) in [5, 5.41) is 3.06. The van der Waals surface area contributed by atoms with Crippen LogP contribution in [0.4, 0.5) is 5.69 Å². The maximum atomic E-state index is 12.1. The average molecular weight is 348 g/mol. The van der Waals surface area contributed by atoms with Gasteiger partial charge in [0.2, 0.25) is 5.91 Å². The number of benzene rings is 1. The lowest BCUT2D eigenvalue weighted by Gasteiger charge is -2.27. The van der Waals surface area contributed by atoms with Crippen molar-refractivity contribution in [3.63, 3.8) is 0 Å². The highest BCUT2D eigenvalue weighted by Crippen LogP contribution is 2.24. The number of rotatable bonds is 5. The summed E-state index contributed by atoms with van der Waals surface area (Å²) in [7, 11) is 2.05. The summed E-state index contributed by atoms with van der Waals surface area (Å²) >= 11 is 0. The lowest BCUT2D eigenvalue weighted by Crippen LogP contribution is -2.42. The zero-order valence-electron chi connectivity index (χ0n) is 13.2. The number of nitrogens with one attached hydrogen (secondary N) is 1. The van der Waals surface area contributed by atoms with Crippen LogP contribution in [0.5, 0.6) is 0 Å². The third-order valence-electron chi connectivity index (χ3n) is 4.24. The van der Waals surface area contributed by atoms with Gasteiger partial charge in [-0.15, -0.1) is 24.8 Å². The molecule has 3 atom stereocenters. The SMILES string of the molecule is CC(CNC(=O)C1CCC(N)C1)N(C)c1ccccc1.Cl.Cl. The van der Waals surface area contributed by atoms with Crippen LogP contribution in [-0.2, 0) is 4.79 Å². The van der Waals surface area contributed by atoms with E-state index < -0.39 is 0 Å². The highest BCUT2D eigenvalue weighted by atomic mass is 35.5. The predicted octanol–water partition coefficient (Wildman–Crippen LogP) is 2.60. The van der Waals surface area contributed by atoms with E-state index in [1.54, 1.807) is 0 Å². The molecule has 2 rings (SSSR count). The molecule has 0 saturated heterocycles. The van der Waals surface area contributed by atoms with Gasteiger partial charge >= 0.3 is 0 Å². The first-order valence-electron chi connectivity index (χ1n) is 7.39. The minimum Gasteiger partial charge on any atom is -0.370 e. The molecule has 6 heteroatoms. The molecule has 1 aliphatic rings. The fourth-order valence-corrected chi connectivity index (χ4v) is 2.70. The molecular weight excluding hydrogens is 321 g/mol. The van der Waals surface area contributed by atoms with Gasteiger partial charge in [0.25, 0.3) is 0 Å². The van der Waals surface area contributed by atoms with Gasteiger partial charge in [-0.1, -0.05) is 18.2 Å². The summed E-state index contributed by atoms with van der Waals surface area (Å²) in [6, 6.07) is 10.7. The number of carbonyl (C=O) groups is 1. The summed E-state index contributed by atoms with van der Waals surface area (Å²) in [4.78, 5) is 14.3. The van der Waals surface area contributed by atoms with E-state index in [4.69, 9.17) is 5.73 Å². The lowest BCUT2D eigenvalue weighted by atomic mass is 10.1. The van der Waals surface area contributed by atoms with Gasteiger partial charge in [0.1, 0.15) is 0 Å². The molecule has 0 spiro atoms. The van der Waals surface area contributed by atoms with Crippen molar-refractivity contribution in [2.75, 3.05) is 18.5 Å². The smallest absolute Gasteiger partial charge is 0.223 e. The monoisotopic (exact) mass is 347 g/mol. The molecule has 0 heterocycles. The van der Waals surface area contributed by atoms with Crippen LogP contribution in [0.15, 0.2) is 30.3 Å². The van der Waals surface area contributed by atoms with Gasteiger partial charge in [0.15, 0.2) is 0 Å². The average Bonchev–Trinajstić information content (AvgIpc) is 2.91. The zero-order valence-corrected chi connectivity index (χ0v) is 14.8. The molecule has 126 valence electrons. The van der Waals surface area contributed by atoms with Crippen molar-refractivity contribution in [3.05, 3.63) is 30.3 Å². The number of hydrogen-bond acceptors (Lipinski definition) is 3. The number of likely N-dealkylation sites (N-methyl/N-ethyl adjacent to an activating group) is 1. The van der Waals surface area contributed by atoms with Gasteiger partial charge in [-0.05, 0) is 38.3 Å². The van der Waals surface area contributed by atoms with Crippen molar-refractivity contribution in [1.29, 1.82) is 0 Å². The van der Waals surface area contributed by atoms with Crippen molar-refractivity contribution in [2.24, 2.45) is 11.7 Å². The fraction of sp³-hybridized carbons (Fsp3) is 0.562. The standard InChI is InChI=1S/C16H25N3O.2ClH/c1-12(19(2)15-6-4-3-5-7-15)11-18-16(20)13-8-9-14(17)10-13;;/h3-7,12-14H,8-11,17H2,1-2H3,(H,18,20);2*1H. The normalized spacial score (nSPS) is 21.2. The second-order valence-corrected chi connectivity index (χ2v) is 5.81. The zero-order chi connectivity index (χ0) is 14.5. The van der Waals surface area contributed by atoms with Crippen LogP contribution < -0.4 is 16.0 Å². The highest BCUT2D eigenvalue weighted by molar-refractivity contribution is 5.85. The number of hydrogen-bond donors (Lipinski definition) is 2. The molecule has 4 nitrogen and oxygen atoms in total. The maximum Gasteiger partial charge on any atom is 0.223 e. The van der Waals surface area contributed by atoms with Crippen LogP contribution in [0.2, 0.25) is 0 Å². The molecule has 1 aliphatic carbocycles. The largest absolute Gasteiger partial charge is 0.370 e. The third-order valence-corrected chi connectivity index (χ3v) is 4.24. The number of carbonyl (C=O) groups excluding carboxylic acids is 1. The number of nitrogens with zero attached hydrogens (tertiary/aromatic N) is 1. The van der Waals surface area contributed by atoms with Gasteiger partial charge in [-0.3, -0.25) is 4.79 Å². The van der Waals surface area contributed by atoms with Gasteiger partial charge in [0, 0.05) is 37.3 Å². The third kappa shape index (κ3) is 5.67. The molecule has 3 N–H and O–H groups in total. The van der Waals surface area contributed by atoms with E-state index in [-0.39, 0.29) is 48.7 Å². The Morgan fingerprint density at radius 3 is 2.50 bits per heavy atom. The first-order valence-corrected chi connectivity index (χ1v) is 7.39. The Morgan fingerprint density at radius 1 is 1.32 bits per heavy atom. The number of para-hydroxylation sites is 1. The molecule has 0 aliphatic heterocycles. The minimum absolute atomic E-state index is 0. The Labute approximate surface area is 145 Å². The van der Waals surface area contributed by atoms with Gasteiger partial charge in [-0.25, -0.2) is 0 Å². The first kappa shape index (κ1) is 21.0. The Hall–Kier alpha value is -0.970. The van der Waals surface area contributed by atoms with Crippen LogP contribution in [-0.4, -0.2) is 31.6 Å². The quantitative estimate of drug-likeness (QED) is 0.860. The van der Waals surface area contributed by atoms with Crippen molar-refractivity contribution in [3.8, 4) is 0 Å². The summed E-state index contributed by atoms with van der Waals surface area (Å²) in [5.74, 6) is 0.269. The summed E-state index contributed by atoms with van der Waals surface area (Å²) in [5.41, 5.74) is 7.02. The Morgan fingerprint density at radius 2 is 1.95 bits per heavy atom. The van der Waals surface area contributed by atoms with Crippen LogP contribution in [0, 0.1) is 5.92 Å². The number of halogens is 2. The molecule has 1 amide bonds. The topological polar surface area (TPSA) is 58.4 Å². The van der Waals surface area contributed by atoms with Gasteiger partial charge < -0.3 is 16.0 Å². The predicted molar refractivity (Wildman–Crippen MR) is 97.1 cm³/mol. The molecule has 22 heavy (non-hydrogen) atoms. The van der Waals surface area contributed by atoms with E-state index in [1.165, 1.54) is 0 Å². The second kappa shape index (κ2) is 9.93. The number of nitrogens with two attached hydrogens (primary N) is 1. The highest BCUT2D eigenvalue weighted by Gasteiger charge is 2.27. The fourth-order valence-electron chi connectivity index (χ4n) is 2.70. The molecule has 0 aromatic heterocycles. The van der Waals surface area contributed by atoms with Crippen molar-refractivity contribution < 1.29 is 4.79 Å². The van der Waals surface area contributed by atoms with Crippen LogP contribution >= 0.6 is 24.8 Å². The lowest BCUT2D eigenvalue weighted by molar-refractivity contribution is -0.124. The summed E-state index contributed by atoms with van der Waals surface area (Å²) in [6.07, 6.45) is 2.72. The minimum atomic E-state index is 0. The molecule has 1 aromatic carbocycles. The van der Waals surface area contributed by atoms with Crippen molar-refractivity contribution in [1.82, 2.24) is 5.32 Å². The molecule has 0 bridgehead atoms. The molecule has 3 unspecified atom stereocenters. The first-order chi connectivity index (χ1) is 9.58. The molecule has 1 saturated carbocycles. The van der Waals surface area contributed by atoms with E-state index in [2.05, 4.69) is 36.3 Å². The van der Waals surface area contributed by atoms with Crippen molar-refractivity contribution in [2.45, 2.75) is 38.3 Å². The van der Waals surface area contributed by atoms with Gasteiger partial charge in [-0.2, -0.15) is 0 Å². The molecule has 1 fully saturated rings. The van der Waals surface area contributed by atoms with Gasteiger partial charge in [0.05, 0.1) is 0 Å². The van der Waals surface area contributed by atoms with E-state index in [9.17, 15) is 4.79 Å². The van der Waals surface area contributed by atoms with Crippen LogP contribution in [0.25, 0.3) is 0 Å². The van der Waals surface area contributed by atoms with E-state index in [0.717, 1.165) is 24.9 Å². The second-order valence-electron chi connectivity index (χ2n) is 5.81. The molecule has 1 aromatic rings. The Kier molecular flexibility index (Phi) is 9.49.